The number of hydrogen-bond donors (Lipinski definition) is 3. The van der Waals surface area contributed by atoms with Gasteiger partial charge < -0.3 is 0 Å². The van der Waals surface area contributed by atoms with Crippen molar-refractivity contribution in [1.29, 1.82) is 0 Å². The molecule has 4 heterocycles. The normalized spacial score (nSPS) is 18.6. The van der Waals surface area contributed by atoms with Crippen molar-refractivity contribution >= 4 is 47.4 Å². The van der Waals surface area contributed by atoms with Gasteiger partial charge >= 0.3 is 194 Å². The Morgan fingerprint density at radius 3 is 2.88 bits per heavy atom. The Morgan fingerprint density at radius 1 is 1.31 bits per heavy atom. The van der Waals surface area contributed by atoms with Gasteiger partial charge in [0.25, 0.3) is 0 Å². The van der Waals surface area contributed by atoms with Gasteiger partial charge in [-0.3, -0.25) is 0 Å². The molecule has 0 bridgehead atoms. The molecule has 3 N–H and O–H groups in total. The average molecular weight is 521 g/mol. The van der Waals surface area contributed by atoms with E-state index < -0.39 is 31.4 Å². The third-order valence-corrected chi connectivity index (χ3v) is 9.82. The summed E-state index contributed by atoms with van der Waals surface area (Å²) in [5, 5.41) is 14.2. The van der Waals surface area contributed by atoms with Crippen LogP contribution in [0.2, 0.25) is 5.21 Å². The number of nitrogens with one attached hydrogen (secondary N) is 2. The number of fused-ring (bicyclic) bond motifs is 1. The van der Waals surface area contributed by atoms with Gasteiger partial charge in [-0.15, -0.1) is 0 Å². The molecule has 2 atom stereocenters. The summed E-state index contributed by atoms with van der Waals surface area (Å²) >= 11 is -0.747. The first-order valence-corrected chi connectivity index (χ1v) is 14.8. The first-order valence-electron chi connectivity index (χ1n) is 10.4. The van der Waals surface area contributed by atoms with Crippen LogP contribution in [0.1, 0.15) is 26.7 Å². The summed E-state index contributed by atoms with van der Waals surface area (Å²) in [6.07, 6.45) is 8.08. The van der Waals surface area contributed by atoms with E-state index in [1.54, 1.807) is 32.4 Å². The van der Waals surface area contributed by atoms with Crippen molar-refractivity contribution in [2.24, 2.45) is 0 Å². The molecule has 3 aromatic rings. The molecular formula is C20H28AsN7O3S. The molecular weight excluding hydrogens is 493 g/mol. The van der Waals surface area contributed by atoms with Crippen LogP contribution in [0.15, 0.2) is 24.7 Å². The Balaban J connectivity index is 1.66. The zero-order valence-electron chi connectivity index (χ0n) is 18.3. The fraction of sp³-hybridized carbons (Fsp3) is 0.500. The second-order valence-corrected chi connectivity index (χ2v) is 13.1. The van der Waals surface area contributed by atoms with Gasteiger partial charge in [0.1, 0.15) is 0 Å². The molecule has 0 spiro atoms. The number of aromatic amines is 1. The van der Waals surface area contributed by atoms with Gasteiger partial charge in [-0.1, -0.05) is 0 Å². The van der Waals surface area contributed by atoms with Crippen molar-refractivity contribution in [3.8, 4) is 11.3 Å². The predicted octanol–water partition coefficient (Wildman–Crippen LogP) is 0.502. The molecule has 0 aromatic carbocycles. The molecule has 10 nitrogen and oxygen atoms in total. The van der Waals surface area contributed by atoms with E-state index in [-0.39, 0.29) is 6.04 Å². The van der Waals surface area contributed by atoms with Gasteiger partial charge in [0.05, 0.1) is 0 Å². The van der Waals surface area contributed by atoms with Gasteiger partial charge in [0.2, 0.25) is 0 Å². The van der Waals surface area contributed by atoms with E-state index in [0.29, 0.717) is 35.5 Å². The quantitative estimate of drug-likeness (QED) is 0.383. The van der Waals surface area contributed by atoms with Crippen LogP contribution < -0.4 is 9.93 Å². The molecule has 1 aliphatic heterocycles. The summed E-state index contributed by atoms with van der Waals surface area (Å²) in [6.45, 7) is 4.49. The molecule has 0 saturated carbocycles. The van der Waals surface area contributed by atoms with Crippen molar-refractivity contribution < 1.29 is 13.5 Å². The van der Waals surface area contributed by atoms with E-state index >= 15 is 0 Å². The summed E-state index contributed by atoms with van der Waals surface area (Å²) in [4.78, 5) is 21.5. The summed E-state index contributed by atoms with van der Waals surface area (Å²) in [5.74, 6) is 0.624. The van der Waals surface area contributed by atoms with E-state index in [9.17, 15) is 13.5 Å². The number of H-pyrrole nitrogens is 1. The minimum atomic E-state index is -3.25. The van der Waals surface area contributed by atoms with Crippen LogP contribution in [0.5, 0.6) is 0 Å². The third-order valence-electron chi connectivity index (χ3n) is 5.20. The van der Waals surface area contributed by atoms with Crippen molar-refractivity contribution in [2.75, 3.05) is 24.7 Å². The first kappa shape index (κ1) is 23.1. The van der Waals surface area contributed by atoms with Gasteiger partial charge in [-0.05, 0) is 0 Å². The number of rotatable bonds is 7. The van der Waals surface area contributed by atoms with Crippen LogP contribution in [-0.2, 0) is 10.0 Å². The van der Waals surface area contributed by atoms with Gasteiger partial charge in [0, 0.05) is 0 Å². The standard InChI is InChI=1S/C20H28AsN7O3S/c1-20(2,29)12-21-19-24-9-14(16-10-23-18-15(26-16)6-7-22-18)17(27-19)25-13-5-4-8-28(11-13)32(3,30)31/h6-7,9-10,13,21,29H,4-5,8,11-12H2,1-3H3,(H,22,23)(H,24,25,27)/t13-/m0/s1. The molecule has 0 radical (unpaired) electrons. The molecule has 12 heteroatoms. The Kier molecular flexibility index (Phi) is 6.53. The van der Waals surface area contributed by atoms with E-state index in [1.165, 1.54) is 10.6 Å². The zero-order valence-corrected chi connectivity index (χ0v) is 21.2. The third kappa shape index (κ3) is 5.64. The fourth-order valence-electron chi connectivity index (χ4n) is 3.57. The van der Waals surface area contributed by atoms with E-state index in [1.807, 2.05) is 6.07 Å². The Morgan fingerprint density at radius 2 is 2.12 bits per heavy atom. The molecule has 1 aliphatic rings. The van der Waals surface area contributed by atoms with E-state index in [2.05, 4.69) is 25.3 Å². The molecule has 1 fully saturated rings. The van der Waals surface area contributed by atoms with Crippen LogP contribution in [0, 0.1) is 0 Å². The summed E-state index contributed by atoms with van der Waals surface area (Å²) in [5.41, 5.74) is 2.04. The number of anilines is 1. The first-order chi connectivity index (χ1) is 15.1. The van der Waals surface area contributed by atoms with Crippen molar-refractivity contribution in [2.45, 2.75) is 43.5 Å². The maximum absolute atomic E-state index is 12.0. The molecule has 1 saturated heterocycles. The molecule has 32 heavy (non-hydrogen) atoms. The van der Waals surface area contributed by atoms with Crippen LogP contribution in [-0.4, -0.2) is 89.5 Å². The number of nitrogens with zero attached hydrogens (tertiary/aromatic N) is 5. The minimum absolute atomic E-state index is 0.0711. The molecule has 4 rings (SSSR count). The average Bonchev–Trinajstić information content (AvgIpc) is 3.19. The summed E-state index contributed by atoms with van der Waals surface area (Å²) in [7, 11) is -3.25. The van der Waals surface area contributed by atoms with Gasteiger partial charge in [0.15, 0.2) is 0 Å². The van der Waals surface area contributed by atoms with Crippen molar-refractivity contribution in [3.05, 3.63) is 24.7 Å². The number of piperidine rings is 1. The predicted molar refractivity (Wildman–Crippen MR) is 126 cm³/mol. The number of aliphatic hydroxyl groups is 1. The fourth-order valence-corrected chi connectivity index (χ4v) is 6.45. The maximum atomic E-state index is 12.0. The molecule has 172 valence electrons. The Hall–Kier alpha value is -2.07. The van der Waals surface area contributed by atoms with Gasteiger partial charge in [-0.2, -0.15) is 0 Å². The monoisotopic (exact) mass is 521 g/mol. The number of sulfonamides is 1. The summed E-state index contributed by atoms with van der Waals surface area (Å²) in [6, 6.07) is 1.78. The van der Waals surface area contributed by atoms with E-state index in [0.717, 1.165) is 28.5 Å². The summed E-state index contributed by atoms with van der Waals surface area (Å²) < 4.78 is 26.3. The van der Waals surface area contributed by atoms with Crippen LogP contribution in [0.4, 0.5) is 5.82 Å². The molecule has 0 amide bonds. The molecule has 0 aliphatic carbocycles. The van der Waals surface area contributed by atoms with Gasteiger partial charge in [-0.25, -0.2) is 0 Å². The zero-order chi connectivity index (χ0) is 22.9. The van der Waals surface area contributed by atoms with Crippen LogP contribution in [0.3, 0.4) is 0 Å². The SMILES string of the molecule is CC(C)(O)C[AsH]c1ncc(-c2cnc3[nH]ccc3n2)c(N[C@H]2CCCN(S(C)(=O)=O)C2)n1. The molecule has 1 unspecified atom stereocenters. The van der Waals surface area contributed by atoms with Crippen LogP contribution in [0.25, 0.3) is 22.4 Å². The van der Waals surface area contributed by atoms with Crippen LogP contribution >= 0.6 is 0 Å². The Labute approximate surface area is 194 Å². The number of aromatic nitrogens is 5. The Bertz CT molecular complexity index is 1210. The second kappa shape index (κ2) is 9.05. The molecule has 3 aromatic heterocycles. The van der Waals surface area contributed by atoms with E-state index in [4.69, 9.17) is 4.98 Å². The number of hydrogen-bond acceptors (Lipinski definition) is 8. The van der Waals surface area contributed by atoms with Crippen molar-refractivity contribution in [1.82, 2.24) is 29.2 Å². The van der Waals surface area contributed by atoms with Crippen molar-refractivity contribution in [3.63, 3.8) is 0 Å². The second-order valence-electron chi connectivity index (χ2n) is 8.69. The topological polar surface area (TPSA) is 137 Å².